The summed E-state index contributed by atoms with van der Waals surface area (Å²) in [6.45, 7) is 5.68. The van der Waals surface area contributed by atoms with E-state index in [9.17, 15) is 18.0 Å². The lowest BCUT2D eigenvalue weighted by Crippen LogP contribution is -2.49. The summed E-state index contributed by atoms with van der Waals surface area (Å²) in [5.74, 6) is -1.44. The Hall–Kier alpha value is -4.13. The Morgan fingerprint density at radius 3 is 2.55 bits per heavy atom. The van der Waals surface area contributed by atoms with E-state index in [1.807, 2.05) is 68.0 Å². The fourth-order valence-corrected chi connectivity index (χ4v) is 3.72. The molecule has 0 spiro atoms. The number of pyridine rings is 1. The van der Waals surface area contributed by atoms with Gasteiger partial charge in [-0.3, -0.25) is 10.00 Å². The summed E-state index contributed by atoms with van der Waals surface area (Å²) in [6.07, 6.45) is -3.54. The van der Waals surface area contributed by atoms with Crippen molar-refractivity contribution in [2.24, 2.45) is 7.05 Å². The molecule has 2 aromatic heterocycles. The number of rotatable bonds is 5. The van der Waals surface area contributed by atoms with Crippen LogP contribution < -0.4 is 10.1 Å². The highest BCUT2D eigenvalue weighted by atomic mass is 19.4. The van der Waals surface area contributed by atoms with Crippen molar-refractivity contribution in [3.63, 3.8) is 0 Å². The number of carbonyl (C=O) groups is 2. The number of ether oxygens (including phenoxy) is 2. The fraction of sp³-hybridized carbons (Fsp3) is 0.360. The molecule has 3 aromatic rings. The van der Waals surface area contributed by atoms with E-state index in [0.29, 0.717) is 32.1 Å². The van der Waals surface area contributed by atoms with Gasteiger partial charge in [0, 0.05) is 31.0 Å². The van der Waals surface area contributed by atoms with Crippen LogP contribution in [0, 0.1) is 13.8 Å². The van der Waals surface area contributed by atoms with Gasteiger partial charge in [0.05, 0.1) is 18.8 Å². The average Bonchev–Trinajstić information content (AvgIpc) is 3.28. The number of hydrogen-bond acceptors (Lipinski definition) is 6. The second kappa shape index (κ2) is 12.4. The van der Waals surface area contributed by atoms with Gasteiger partial charge in [0.1, 0.15) is 24.3 Å². The second-order valence-electron chi connectivity index (χ2n) is 8.49. The number of nitrogens with zero attached hydrogens (tertiary/aromatic N) is 4. The maximum absolute atomic E-state index is 12.7. The van der Waals surface area contributed by atoms with E-state index in [4.69, 9.17) is 19.4 Å². The third-order valence-corrected chi connectivity index (χ3v) is 5.41. The quantitative estimate of drug-likeness (QED) is 0.506. The first kappa shape index (κ1) is 28.4. The number of hydrogen-bond donors (Lipinski definition) is 2. The maximum atomic E-state index is 12.7. The van der Waals surface area contributed by atoms with Gasteiger partial charge >= 0.3 is 18.2 Å². The number of carboxylic acid groups (broad SMARTS) is 1. The molecule has 0 radical (unpaired) electrons. The number of alkyl halides is 3. The number of benzene rings is 1. The molecule has 13 heteroatoms. The van der Waals surface area contributed by atoms with Crippen LogP contribution in [0.15, 0.2) is 48.7 Å². The smallest absolute Gasteiger partial charge is 0.490 e. The Labute approximate surface area is 217 Å². The van der Waals surface area contributed by atoms with Gasteiger partial charge in [0.2, 0.25) is 0 Å². The van der Waals surface area contributed by atoms with E-state index in [-0.39, 0.29) is 12.1 Å². The number of nitrogens with one attached hydrogen (secondary N) is 1. The highest BCUT2D eigenvalue weighted by molar-refractivity contribution is 5.88. The molecular formula is C25H28F3N5O5. The molecule has 0 saturated carbocycles. The normalized spacial score (nSPS) is 15.3. The monoisotopic (exact) mass is 535 g/mol. The zero-order valence-corrected chi connectivity index (χ0v) is 21.0. The van der Waals surface area contributed by atoms with Crippen LogP contribution in [0.1, 0.15) is 11.3 Å². The zero-order valence-electron chi connectivity index (χ0n) is 21.0. The number of aryl methyl sites for hydroxylation is 3. The number of halogens is 3. The fourth-order valence-electron chi connectivity index (χ4n) is 3.72. The number of urea groups is 1. The van der Waals surface area contributed by atoms with Crippen LogP contribution >= 0.6 is 0 Å². The minimum absolute atomic E-state index is 0.180. The molecular weight excluding hydrogens is 507 g/mol. The Morgan fingerprint density at radius 2 is 1.92 bits per heavy atom. The topological polar surface area (TPSA) is 119 Å². The molecule has 0 bridgehead atoms. The molecule has 0 aliphatic carbocycles. The van der Waals surface area contributed by atoms with Crippen molar-refractivity contribution >= 4 is 17.8 Å². The number of amides is 2. The molecule has 2 N–H and O–H groups in total. The molecule has 1 aromatic carbocycles. The van der Waals surface area contributed by atoms with Crippen molar-refractivity contribution in [1.29, 1.82) is 0 Å². The molecule has 3 heterocycles. The van der Waals surface area contributed by atoms with Crippen molar-refractivity contribution in [2.75, 3.05) is 31.6 Å². The van der Waals surface area contributed by atoms with Crippen LogP contribution in [0.5, 0.6) is 5.75 Å². The van der Waals surface area contributed by atoms with Crippen LogP contribution in [-0.4, -0.2) is 75.4 Å². The van der Waals surface area contributed by atoms with Gasteiger partial charge in [0.25, 0.3) is 0 Å². The molecule has 1 atom stereocenters. The van der Waals surface area contributed by atoms with Crippen molar-refractivity contribution in [3.05, 3.63) is 59.9 Å². The minimum Gasteiger partial charge on any atom is -0.490 e. The predicted octanol–water partition coefficient (Wildman–Crippen LogP) is 4.04. The molecule has 1 aliphatic heterocycles. The summed E-state index contributed by atoms with van der Waals surface area (Å²) in [5.41, 5.74) is 3.87. The highest BCUT2D eigenvalue weighted by Crippen LogP contribution is 2.29. The summed E-state index contributed by atoms with van der Waals surface area (Å²) in [4.78, 5) is 27.7. The summed E-state index contributed by atoms with van der Waals surface area (Å²) < 4.78 is 45.5. The third-order valence-electron chi connectivity index (χ3n) is 5.41. The van der Waals surface area contributed by atoms with Crippen LogP contribution in [0.2, 0.25) is 0 Å². The maximum Gasteiger partial charge on any atom is 0.490 e. The number of carboxylic acids is 1. The summed E-state index contributed by atoms with van der Waals surface area (Å²) in [6, 6.07) is 13.5. The van der Waals surface area contributed by atoms with Gasteiger partial charge in [-0.25, -0.2) is 14.6 Å². The lowest BCUT2D eigenvalue weighted by atomic mass is 10.1. The molecule has 1 fully saturated rings. The average molecular weight is 536 g/mol. The molecule has 204 valence electrons. The van der Waals surface area contributed by atoms with Crippen molar-refractivity contribution in [2.45, 2.75) is 26.1 Å². The van der Waals surface area contributed by atoms with Crippen molar-refractivity contribution in [3.8, 4) is 17.0 Å². The molecule has 10 nitrogen and oxygen atoms in total. The zero-order chi connectivity index (χ0) is 27.9. The standard InChI is InChI=1S/C23H27N5O3.C2HF3O2/c1-16-12-17(2)25-22(13-16)26-23(29)28-10-11-30-18(14-28)15-31-21-7-5-4-6-19(21)20-8-9-24-27(20)3;3-2(4,5)1(6)7/h4-9,12-13,18H,10-11,14-15H2,1-3H3,(H,25,26,29);(H,6,7). The highest BCUT2D eigenvalue weighted by Gasteiger charge is 2.38. The first-order chi connectivity index (χ1) is 17.9. The molecule has 4 rings (SSSR count). The van der Waals surface area contributed by atoms with Gasteiger partial charge in [-0.15, -0.1) is 0 Å². The predicted molar refractivity (Wildman–Crippen MR) is 132 cm³/mol. The van der Waals surface area contributed by atoms with Crippen LogP contribution in [0.4, 0.5) is 23.8 Å². The minimum atomic E-state index is -5.08. The molecule has 2 amide bonds. The lowest BCUT2D eigenvalue weighted by Gasteiger charge is -2.32. The van der Waals surface area contributed by atoms with Gasteiger partial charge in [-0.1, -0.05) is 12.1 Å². The Balaban J connectivity index is 0.000000505. The summed E-state index contributed by atoms with van der Waals surface area (Å²) in [7, 11) is 1.90. The number of aromatic nitrogens is 3. The van der Waals surface area contributed by atoms with E-state index >= 15 is 0 Å². The Morgan fingerprint density at radius 1 is 1.21 bits per heavy atom. The van der Waals surface area contributed by atoms with E-state index in [2.05, 4.69) is 15.4 Å². The van der Waals surface area contributed by atoms with Gasteiger partial charge in [-0.05, 0) is 49.7 Å². The first-order valence-electron chi connectivity index (χ1n) is 11.6. The van der Waals surface area contributed by atoms with E-state index in [0.717, 1.165) is 28.3 Å². The van der Waals surface area contributed by atoms with Crippen LogP contribution in [-0.2, 0) is 16.6 Å². The number of aliphatic carboxylic acids is 1. The van der Waals surface area contributed by atoms with E-state index < -0.39 is 12.1 Å². The summed E-state index contributed by atoms with van der Waals surface area (Å²) >= 11 is 0. The SMILES string of the molecule is Cc1cc(C)nc(NC(=O)N2CCOC(COc3ccccc3-c3ccnn3C)C2)c1.O=C(O)C(F)(F)F. The molecule has 1 unspecified atom stereocenters. The number of anilines is 1. The van der Waals surface area contributed by atoms with E-state index in [1.165, 1.54) is 0 Å². The second-order valence-corrected chi connectivity index (χ2v) is 8.49. The third kappa shape index (κ3) is 7.93. The summed E-state index contributed by atoms with van der Waals surface area (Å²) in [5, 5.41) is 14.3. The number of para-hydroxylation sites is 1. The van der Waals surface area contributed by atoms with Crippen molar-refractivity contribution in [1.82, 2.24) is 19.7 Å². The van der Waals surface area contributed by atoms with Crippen LogP contribution in [0.25, 0.3) is 11.3 Å². The first-order valence-corrected chi connectivity index (χ1v) is 11.6. The molecule has 38 heavy (non-hydrogen) atoms. The van der Waals surface area contributed by atoms with Gasteiger partial charge in [0.15, 0.2) is 0 Å². The van der Waals surface area contributed by atoms with Gasteiger partial charge < -0.3 is 19.5 Å². The van der Waals surface area contributed by atoms with Crippen LogP contribution in [0.3, 0.4) is 0 Å². The molecule has 1 aliphatic rings. The Kier molecular flexibility index (Phi) is 9.29. The number of carbonyl (C=O) groups excluding carboxylic acids is 1. The largest absolute Gasteiger partial charge is 0.490 e. The van der Waals surface area contributed by atoms with Gasteiger partial charge in [-0.2, -0.15) is 18.3 Å². The number of morpholine rings is 1. The molecule has 1 saturated heterocycles. The lowest BCUT2D eigenvalue weighted by molar-refractivity contribution is -0.192. The van der Waals surface area contributed by atoms with Crippen molar-refractivity contribution < 1.29 is 37.3 Å². The Bertz CT molecular complexity index is 1240. The van der Waals surface area contributed by atoms with E-state index in [1.54, 1.807) is 11.1 Å².